The Morgan fingerprint density at radius 2 is 2.00 bits per heavy atom. The fourth-order valence-corrected chi connectivity index (χ4v) is 1.18. The van der Waals surface area contributed by atoms with Crippen LogP contribution in [-0.2, 0) is 4.79 Å². The maximum Gasteiger partial charge on any atom is 0.306 e. The van der Waals surface area contributed by atoms with Crippen LogP contribution in [0.4, 0.5) is 0 Å². The number of rotatable bonds is 4. The van der Waals surface area contributed by atoms with E-state index in [0.717, 1.165) is 6.42 Å². The van der Waals surface area contributed by atoms with Crippen LogP contribution >= 0.6 is 0 Å². The number of carbonyl (C=O) groups is 1. The van der Waals surface area contributed by atoms with Crippen molar-refractivity contribution in [2.75, 3.05) is 0 Å². The lowest BCUT2D eigenvalue weighted by Gasteiger charge is -2.13. The van der Waals surface area contributed by atoms with Crippen molar-refractivity contribution in [2.24, 2.45) is 11.8 Å². The molecule has 1 unspecified atom stereocenters. The molecule has 0 fully saturated rings. The zero-order valence-electron chi connectivity index (χ0n) is 8.63. The van der Waals surface area contributed by atoms with Crippen molar-refractivity contribution in [3.8, 4) is 11.8 Å². The van der Waals surface area contributed by atoms with Gasteiger partial charge in [-0.25, -0.2) is 0 Å². The second-order valence-corrected chi connectivity index (χ2v) is 3.43. The molecule has 0 saturated carbocycles. The minimum atomic E-state index is -0.701. The number of carboxylic acid groups (broad SMARTS) is 1. The lowest BCUT2D eigenvalue weighted by Crippen LogP contribution is -2.19. The Hall–Kier alpha value is -0.970. The van der Waals surface area contributed by atoms with Crippen LogP contribution in [0.3, 0.4) is 0 Å². The second-order valence-electron chi connectivity index (χ2n) is 3.43. The molecule has 0 saturated heterocycles. The van der Waals surface area contributed by atoms with E-state index in [9.17, 15) is 4.79 Å². The predicted molar refractivity (Wildman–Crippen MR) is 53.3 cm³/mol. The molecule has 0 aliphatic rings. The molecule has 74 valence electrons. The molecule has 0 aliphatic carbocycles. The first kappa shape index (κ1) is 12.0. The lowest BCUT2D eigenvalue weighted by molar-refractivity contribution is -0.143. The monoisotopic (exact) mass is 182 g/mol. The highest BCUT2D eigenvalue weighted by atomic mass is 16.4. The van der Waals surface area contributed by atoms with Gasteiger partial charge in [-0.3, -0.25) is 4.79 Å². The molecular weight excluding hydrogens is 164 g/mol. The van der Waals surface area contributed by atoms with Gasteiger partial charge >= 0.3 is 5.97 Å². The first-order chi connectivity index (χ1) is 6.09. The van der Waals surface area contributed by atoms with Gasteiger partial charge in [0.1, 0.15) is 0 Å². The minimum Gasteiger partial charge on any atom is -0.481 e. The van der Waals surface area contributed by atoms with Crippen LogP contribution in [0.1, 0.15) is 40.0 Å². The molecule has 0 heterocycles. The van der Waals surface area contributed by atoms with E-state index in [-0.39, 0.29) is 11.8 Å². The SMILES string of the molecule is CCC#CCCC(C(=O)O)C(C)C. The Morgan fingerprint density at radius 1 is 1.38 bits per heavy atom. The third-order valence-electron chi connectivity index (χ3n) is 2.00. The highest BCUT2D eigenvalue weighted by Crippen LogP contribution is 2.16. The van der Waals surface area contributed by atoms with Crippen LogP contribution in [0.2, 0.25) is 0 Å². The molecule has 2 nitrogen and oxygen atoms in total. The van der Waals surface area contributed by atoms with Crippen LogP contribution in [0, 0.1) is 23.7 Å². The molecule has 0 aromatic heterocycles. The summed E-state index contributed by atoms with van der Waals surface area (Å²) in [5.41, 5.74) is 0. The normalized spacial score (nSPS) is 12.0. The van der Waals surface area contributed by atoms with Gasteiger partial charge in [0.25, 0.3) is 0 Å². The van der Waals surface area contributed by atoms with E-state index >= 15 is 0 Å². The summed E-state index contributed by atoms with van der Waals surface area (Å²) >= 11 is 0. The number of carboxylic acids is 1. The van der Waals surface area contributed by atoms with Crippen LogP contribution < -0.4 is 0 Å². The Labute approximate surface area is 80.3 Å². The number of hydrogen-bond donors (Lipinski definition) is 1. The van der Waals surface area contributed by atoms with E-state index in [2.05, 4.69) is 11.8 Å². The Balaban J connectivity index is 3.90. The quantitative estimate of drug-likeness (QED) is 0.678. The summed E-state index contributed by atoms with van der Waals surface area (Å²) in [7, 11) is 0. The molecule has 0 bridgehead atoms. The molecule has 0 aromatic carbocycles. The average Bonchev–Trinajstić information content (AvgIpc) is 2.02. The first-order valence-electron chi connectivity index (χ1n) is 4.78. The van der Waals surface area contributed by atoms with Gasteiger partial charge in [0.15, 0.2) is 0 Å². The second kappa shape index (κ2) is 6.54. The summed E-state index contributed by atoms with van der Waals surface area (Å²) < 4.78 is 0. The highest BCUT2D eigenvalue weighted by Gasteiger charge is 2.19. The third-order valence-corrected chi connectivity index (χ3v) is 2.00. The Bertz CT molecular complexity index is 208. The van der Waals surface area contributed by atoms with E-state index in [0.29, 0.717) is 12.8 Å². The summed E-state index contributed by atoms with van der Waals surface area (Å²) in [5, 5.41) is 8.85. The average molecular weight is 182 g/mol. The molecular formula is C11H18O2. The summed E-state index contributed by atoms with van der Waals surface area (Å²) in [6.45, 7) is 5.86. The molecule has 0 aliphatic heterocycles. The first-order valence-corrected chi connectivity index (χ1v) is 4.78. The van der Waals surface area contributed by atoms with Crippen LogP contribution in [0.5, 0.6) is 0 Å². The van der Waals surface area contributed by atoms with E-state index in [1.165, 1.54) is 0 Å². The smallest absolute Gasteiger partial charge is 0.306 e. The van der Waals surface area contributed by atoms with Gasteiger partial charge in [-0.05, 0) is 12.3 Å². The fourth-order valence-electron chi connectivity index (χ4n) is 1.18. The van der Waals surface area contributed by atoms with Crippen molar-refractivity contribution in [3.63, 3.8) is 0 Å². The van der Waals surface area contributed by atoms with Gasteiger partial charge in [0.2, 0.25) is 0 Å². The van der Waals surface area contributed by atoms with Gasteiger partial charge in [-0.1, -0.05) is 20.8 Å². The standard InChI is InChI=1S/C11H18O2/c1-4-5-6-7-8-10(9(2)3)11(12)13/h9-10H,4,7-8H2,1-3H3,(H,12,13). The van der Waals surface area contributed by atoms with Gasteiger partial charge in [0, 0.05) is 12.8 Å². The zero-order chi connectivity index (χ0) is 10.3. The summed E-state index contributed by atoms with van der Waals surface area (Å²) in [5.74, 6) is 5.15. The topological polar surface area (TPSA) is 37.3 Å². The minimum absolute atomic E-state index is 0.195. The van der Waals surface area contributed by atoms with Crippen molar-refractivity contribution in [3.05, 3.63) is 0 Å². The van der Waals surface area contributed by atoms with Crippen molar-refractivity contribution in [2.45, 2.75) is 40.0 Å². The third kappa shape index (κ3) is 5.30. The maximum absolute atomic E-state index is 10.8. The summed E-state index contributed by atoms with van der Waals surface area (Å²) in [6.07, 6.45) is 2.21. The number of aliphatic carboxylic acids is 1. The van der Waals surface area contributed by atoms with Gasteiger partial charge in [-0.2, -0.15) is 0 Å². The van der Waals surface area contributed by atoms with Crippen molar-refractivity contribution < 1.29 is 9.90 Å². The molecule has 0 aromatic rings. The number of hydrogen-bond acceptors (Lipinski definition) is 1. The Kier molecular flexibility index (Phi) is 6.05. The van der Waals surface area contributed by atoms with Crippen LogP contribution in [0.25, 0.3) is 0 Å². The van der Waals surface area contributed by atoms with Crippen LogP contribution in [0.15, 0.2) is 0 Å². The Morgan fingerprint density at radius 3 is 2.38 bits per heavy atom. The zero-order valence-corrected chi connectivity index (χ0v) is 8.63. The highest BCUT2D eigenvalue weighted by molar-refractivity contribution is 5.70. The van der Waals surface area contributed by atoms with Crippen molar-refractivity contribution in [1.82, 2.24) is 0 Å². The fraction of sp³-hybridized carbons (Fsp3) is 0.727. The largest absolute Gasteiger partial charge is 0.481 e. The van der Waals surface area contributed by atoms with Gasteiger partial charge < -0.3 is 5.11 Å². The van der Waals surface area contributed by atoms with Crippen LogP contribution in [-0.4, -0.2) is 11.1 Å². The van der Waals surface area contributed by atoms with Crippen molar-refractivity contribution in [1.29, 1.82) is 0 Å². The van der Waals surface area contributed by atoms with Gasteiger partial charge in [0.05, 0.1) is 5.92 Å². The van der Waals surface area contributed by atoms with E-state index in [4.69, 9.17) is 5.11 Å². The molecule has 2 heteroatoms. The van der Waals surface area contributed by atoms with Gasteiger partial charge in [-0.15, -0.1) is 11.8 Å². The molecule has 1 atom stereocenters. The lowest BCUT2D eigenvalue weighted by atomic mass is 9.91. The van der Waals surface area contributed by atoms with E-state index in [1.54, 1.807) is 0 Å². The molecule has 0 amide bonds. The van der Waals surface area contributed by atoms with Crippen molar-refractivity contribution >= 4 is 5.97 Å². The molecule has 13 heavy (non-hydrogen) atoms. The molecule has 0 spiro atoms. The molecule has 0 radical (unpaired) electrons. The van der Waals surface area contributed by atoms with E-state index in [1.807, 2.05) is 20.8 Å². The molecule has 0 rings (SSSR count). The summed E-state index contributed by atoms with van der Waals surface area (Å²) in [6, 6.07) is 0. The molecule has 1 N–H and O–H groups in total. The maximum atomic E-state index is 10.8. The summed E-state index contributed by atoms with van der Waals surface area (Å²) in [4.78, 5) is 10.8. The predicted octanol–water partition coefficient (Wildman–Crippen LogP) is 2.54. The van der Waals surface area contributed by atoms with E-state index < -0.39 is 5.97 Å².